The van der Waals surface area contributed by atoms with Crippen molar-refractivity contribution in [2.75, 3.05) is 32.7 Å². The number of hydrogen-bond donors (Lipinski definition) is 2. The van der Waals surface area contributed by atoms with Crippen LogP contribution in [0.5, 0.6) is 0 Å². The maximum atomic E-state index is 11.9. The van der Waals surface area contributed by atoms with E-state index in [1.165, 1.54) is 4.31 Å². The average Bonchev–Trinajstić information content (AvgIpc) is 2.28. The molecule has 0 spiro atoms. The molecule has 0 amide bonds. The van der Waals surface area contributed by atoms with E-state index in [1.807, 2.05) is 0 Å². The van der Waals surface area contributed by atoms with Crippen molar-refractivity contribution in [1.82, 2.24) is 14.3 Å². The van der Waals surface area contributed by atoms with Gasteiger partial charge in [0, 0.05) is 39.1 Å². The van der Waals surface area contributed by atoms with E-state index in [0.29, 0.717) is 26.2 Å². The molecule has 0 bridgehead atoms. The second-order valence-electron chi connectivity index (χ2n) is 4.12. The lowest BCUT2D eigenvalue weighted by atomic mass is 10.2. The van der Waals surface area contributed by atoms with Crippen molar-refractivity contribution in [3.8, 4) is 0 Å². The summed E-state index contributed by atoms with van der Waals surface area (Å²) >= 11 is 0. The van der Waals surface area contributed by atoms with Gasteiger partial charge in [-0.1, -0.05) is 0 Å². The lowest BCUT2D eigenvalue weighted by Gasteiger charge is -2.26. The summed E-state index contributed by atoms with van der Waals surface area (Å²) in [6, 6.07) is 0. The molecule has 1 heterocycles. The van der Waals surface area contributed by atoms with Crippen molar-refractivity contribution in [3.63, 3.8) is 0 Å². The number of nitrogens with one attached hydrogen (secondary N) is 2. The Morgan fingerprint density at radius 2 is 1.78 bits per heavy atom. The summed E-state index contributed by atoms with van der Waals surface area (Å²) in [5.41, 5.74) is 0. The number of nitrogens with zero attached hydrogens (tertiary/aromatic N) is 1. The van der Waals surface area contributed by atoms with E-state index in [4.69, 9.17) is 0 Å². The third-order valence-corrected chi connectivity index (χ3v) is 4.20. The molecular weight excluding hydrogens is 271 g/mol. The molecular formula is C9H18F3N3O2S. The standard InChI is InChI=1S/C9H18F3N3O2S/c10-9(11,12)3-1-2-4-14-18(16,17)15-7-5-13-6-8-15/h13-14H,1-8H2. The van der Waals surface area contributed by atoms with Gasteiger partial charge in [0.2, 0.25) is 0 Å². The summed E-state index contributed by atoms with van der Waals surface area (Å²) in [5, 5.41) is 3.02. The topological polar surface area (TPSA) is 61.4 Å². The molecule has 2 N–H and O–H groups in total. The van der Waals surface area contributed by atoms with Gasteiger partial charge in [-0.15, -0.1) is 0 Å². The largest absolute Gasteiger partial charge is 0.389 e. The van der Waals surface area contributed by atoms with E-state index < -0.39 is 22.8 Å². The molecule has 1 rings (SSSR count). The van der Waals surface area contributed by atoms with E-state index in [2.05, 4.69) is 10.0 Å². The van der Waals surface area contributed by atoms with Gasteiger partial charge in [-0.2, -0.15) is 25.9 Å². The zero-order valence-corrected chi connectivity index (χ0v) is 10.8. The molecule has 1 aliphatic heterocycles. The Balaban J connectivity index is 2.21. The Hall–Kier alpha value is -0.380. The van der Waals surface area contributed by atoms with Crippen molar-refractivity contribution < 1.29 is 21.6 Å². The van der Waals surface area contributed by atoms with Gasteiger partial charge in [0.1, 0.15) is 0 Å². The molecule has 18 heavy (non-hydrogen) atoms. The highest BCUT2D eigenvalue weighted by Gasteiger charge is 2.26. The highest BCUT2D eigenvalue weighted by molar-refractivity contribution is 7.87. The Kier molecular flexibility index (Phi) is 5.83. The summed E-state index contributed by atoms with van der Waals surface area (Å²) < 4.78 is 62.6. The zero-order chi connectivity index (χ0) is 13.6. The first-order valence-electron chi connectivity index (χ1n) is 5.83. The fourth-order valence-electron chi connectivity index (χ4n) is 1.63. The Labute approximate surface area is 105 Å². The number of halogens is 3. The van der Waals surface area contributed by atoms with Gasteiger partial charge in [-0.3, -0.25) is 0 Å². The zero-order valence-electron chi connectivity index (χ0n) is 9.96. The van der Waals surface area contributed by atoms with Gasteiger partial charge >= 0.3 is 6.18 Å². The molecule has 0 aliphatic carbocycles. The molecule has 0 unspecified atom stereocenters. The number of hydrogen-bond acceptors (Lipinski definition) is 3. The molecule has 0 radical (unpaired) electrons. The Morgan fingerprint density at radius 1 is 1.17 bits per heavy atom. The highest BCUT2D eigenvalue weighted by Crippen LogP contribution is 2.21. The molecule has 0 aromatic heterocycles. The van der Waals surface area contributed by atoms with Crippen molar-refractivity contribution in [2.45, 2.75) is 25.4 Å². The lowest BCUT2D eigenvalue weighted by Crippen LogP contribution is -2.50. The van der Waals surface area contributed by atoms with Crippen LogP contribution in [0.2, 0.25) is 0 Å². The van der Waals surface area contributed by atoms with Gasteiger partial charge < -0.3 is 5.32 Å². The minimum atomic E-state index is -4.17. The maximum absolute atomic E-state index is 11.9. The molecule has 0 saturated carbocycles. The van der Waals surface area contributed by atoms with E-state index >= 15 is 0 Å². The summed E-state index contributed by atoms with van der Waals surface area (Å²) in [6.07, 6.45) is -4.92. The summed E-state index contributed by atoms with van der Waals surface area (Å²) in [6.45, 7) is 2.00. The van der Waals surface area contributed by atoms with Crippen LogP contribution in [0.25, 0.3) is 0 Å². The number of alkyl halides is 3. The van der Waals surface area contributed by atoms with Crippen LogP contribution >= 0.6 is 0 Å². The SMILES string of the molecule is O=S(=O)(NCCCCC(F)(F)F)N1CCNCC1. The van der Waals surface area contributed by atoms with Gasteiger partial charge in [-0.05, 0) is 12.8 Å². The van der Waals surface area contributed by atoms with Gasteiger partial charge in [0.05, 0.1) is 0 Å². The predicted molar refractivity (Wildman–Crippen MR) is 61.3 cm³/mol. The van der Waals surface area contributed by atoms with Gasteiger partial charge in [-0.25, -0.2) is 4.72 Å². The minimum Gasteiger partial charge on any atom is -0.314 e. The number of piperazine rings is 1. The van der Waals surface area contributed by atoms with Crippen molar-refractivity contribution in [3.05, 3.63) is 0 Å². The highest BCUT2D eigenvalue weighted by atomic mass is 32.2. The molecule has 9 heteroatoms. The third kappa shape index (κ3) is 5.98. The second-order valence-corrected chi connectivity index (χ2v) is 5.88. The monoisotopic (exact) mass is 289 g/mol. The molecule has 0 atom stereocenters. The molecule has 108 valence electrons. The van der Waals surface area contributed by atoms with Crippen molar-refractivity contribution in [1.29, 1.82) is 0 Å². The van der Waals surface area contributed by atoms with Crippen molar-refractivity contribution >= 4 is 10.2 Å². The quantitative estimate of drug-likeness (QED) is 0.698. The van der Waals surface area contributed by atoms with Crippen LogP contribution in [0.4, 0.5) is 13.2 Å². The molecule has 5 nitrogen and oxygen atoms in total. The smallest absolute Gasteiger partial charge is 0.314 e. The molecule has 1 saturated heterocycles. The third-order valence-electron chi connectivity index (χ3n) is 2.59. The summed E-state index contributed by atoms with van der Waals surface area (Å²) in [4.78, 5) is 0. The van der Waals surface area contributed by atoms with E-state index in [1.54, 1.807) is 0 Å². The fourth-order valence-corrected chi connectivity index (χ4v) is 2.88. The molecule has 1 fully saturated rings. The van der Waals surface area contributed by atoms with Crippen LogP contribution in [0.15, 0.2) is 0 Å². The first kappa shape index (κ1) is 15.7. The number of unbranched alkanes of at least 4 members (excludes halogenated alkanes) is 1. The normalized spacial score (nSPS) is 19.1. The predicted octanol–water partition coefficient (Wildman–Crippen LogP) is 0.459. The van der Waals surface area contributed by atoms with Crippen LogP contribution in [-0.4, -0.2) is 51.6 Å². The van der Waals surface area contributed by atoms with E-state index in [-0.39, 0.29) is 19.4 Å². The first-order valence-corrected chi connectivity index (χ1v) is 7.27. The van der Waals surface area contributed by atoms with Crippen LogP contribution < -0.4 is 10.0 Å². The van der Waals surface area contributed by atoms with Gasteiger partial charge in [0.15, 0.2) is 0 Å². The van der Waals surface area contributed by atoms with Crippen LogP contribution in [0.3, 0.4) is 0 Å². The van der Waals surface area contributed by atoms with E-state index in [0.717, 1.165) is 0 Å². The lowest BCUT2D eigenvalue weighted by molar-refractivity contribution is -0.135. The average molecular weight is 289 g/mol. The Bertz CT molecular complexity index is 339. The second kappa shape index (κ2) is 6.69. The maximum Gasteiger partial charge on any atom is 0.389 e. The number of rotatable bonds is 6. The van der Waals surface area contributed by atoms with Crippen LogP contribution in [0, 0.1) is 0 Å². The summed E-state index contributed by atoms with van der Waals surface area (Å²) in [7, 11) is -3.54. The van der Waals surface area contributed by atoms with Crippen LogP contribution in [0.1, 0.15) is 19.3 Å². The summed E-state index contributed by atoms with van der Waals surface area (Å²) in [5.74, 6) is 0. The van der Waals surface area contributed by atoms with Crippen LogP contribution in [-0.2, 0) is 10.2 Å². The molecule has 1 aliphatic rings. The van der Waals surface area contributed by atoms with E-state index in [9.17, 15) is 21.6 Å². The molecule has 0 aromatic rings. The Morgan fingerprint density at radius 3 is 2.33 bits per heavy atom. The molecule has 0 aromatic carbocycles. The fraction of sp³-hybridized carbons (Fsp3) is 1.00. The van der Waals surface area contributed by atoms with Gasteiger partial charge in [0.25, 0.3) is 10.2 Å². The first-order chi connectivity index (χ1) is 8.31. The van der Waals surface area contributed by atoms with Crippen molar-refractivity contribution in [2.24, 2.45) is 0 Å². The minimum absolute atomic E-state index is 0.0440.